The fraction of sp³-hybridized carbons (Fsp3) is 0.455. The fourth-order valence-electron chi connectivity index (χ4n) is 1.24. The molecule has 0 aromatic heterocycles. The van der Waals surface area contributed by atoms with Crippen molar-refractivity contribution >= 4 is 34.6 Å². The predicted octanol–water partition coefficient (Wildman–Crippen LogP) is 2.34. The summed E-state index contributed by atoms with van der Waals surface area (Å²) in [6.45, 7) is 1.39. The fourth-order valence-corrected chi connectivity index (χ4v) is 1.67. The van der Waals surface area contributed by atoms with E-state index < -0.39 is 16.0 Å². The summed E-state index contributed by atoms with van der Waals surface area (Å²) in [6, 6.07) is 2.38. The summed E-state index contributed by atoms with van der Waals surface area (Å²) < 4.78 is 0. The number of halogens is 2. The first-order chi connectivity index (χ1) is 9.78. The van der Waals surface area contributed by atoms with E-state index in [0.717, 1.165) is 0 Å². The Balaban J connectivity index is 0.000000690. The number of hydrogen-bond acceptors (Lipinski definition) is 6. The first-order valence-electron chi connectivity index (χ1n) is 5.63. The smallest absolute Gasteiger partial charge is 0.281 e. The van der Waals surface area contributed by atoms with Gasteiger partial charge in [0.25, 0.3) is 11.4 Å². The quantitative estimate of drug-likeness (QED) is 0.481. The van der Waals surface area contributed by atoms with Gasteiger partial charge in [-0.05, 0) is 12.5 Å². The van der Waals surface area contributed by atoms with E-state index in [0.29, 0.717) is 5.56 Å². The van der Waals surface area contributed by atoms with Crippen LogP contribution >= 0.6 is 23.2 Å². The molecule has 1 unspecified atom stereocenters. The average molecular weight is 341 g/mol. The molecule has 0 heterocycles. The first-order valence-corrected chi connectivity index (χ1v) is 6.70. The van der Waals surface area contributed by atoms with Gasteiger partial charge in [0.15, 0.2) is 0 Å². The van der Waals surface area contributed by atoms with Crippen LogP contribution < -0.4 is 0 Å². The molecule has 118 valence electrons. The molecule has 21 heavy (non-hydrogen) atoms. The van der Waals surface area contributed by atoms with E-state index >= 15 is 0 Å². The molecular formula is C11H14Cl2N2O6. The third-order valence-electron chi connectivity index (χ3n) is 2.21. The van der Waals surface area contributed by atoms with Crippen molar-refractivity contribution in [2.75, 3.05) is 6.61 Å². The number of hydrogen-bond donors (Lipinski definition) is 2. The molecule has 1 aromatic rings. The second-order valence-electron chi connectivity index (χ2n) is 3.93. The van der Waals surface area contributed by atoms with E-state index in [2.05, 4.69) is 0 Å². The number of rotatable bonds is 5. The molecule has 0 saturated carbocycles. The average Bonchev–Trinajstić information content (AvgIpc) is 2.45. The van der Waals surface area contributed by atoms with Crippen molar-refractivity contribution in [1.82, 2.24) is 0 Å². The Morgan fingerprint density at radius 3 is 1.71 bits per heavy atom. The zero-order valence-electron chi connectivity index (χ0n) is 11.0. The van der Waals surface area contributed by atoms with Crippen molar-refractivity contribution in [2.45, 2.75) is 24.8 Å². The summed E-state index contributed by atoms with van der Waals surface area (Å²) in [5.74, 6) is -0.334. The van der Waals surface area contributed by atoms with Crippen molar-refractivity contribution in [2.24, 2.45) is 0 Å². The van der Waals surface area contributed by atoms with Crippen LogP contribution in [0.3, 0.4) is 0 Å². The van der Waals surface area contributed by atoms with Gasteiger partial charge in [0.2, 0.25) is 0 Å². The van der Waals surface area contributed by atoms with Gasteiger partial charge in [-0.25, -0.2) is 0 Å². The molecule has 0 radical (unpaired) electrons. The summed E-state index contributed by atoms with van der Waals surface area (Å²) in [4.78, 5) is 20.0. The third kappa shape index (κ3) is 6.21. The molecule has 0 aliphatic carbocycles. The first kappa shape index (κ1) is 19.5. The van der Waals surface area contributed by atoms with Gasteiger partial charge in [-0.2, -0.15) is 0 Å². The minimum atomic E-state index is -0.708. The molecule has 1 atom stereocenters. The molecule has 0 amide bonds. The number of nitro benzene ring substituents is 2. The SMILES string of the molecule is CC(O)CO.O=[N+]([O-])c1cc(CCl)cc([N+](=O)[O-])c1CCl. The lowest BCUT2D eigenvalue weighted by molar-refractivity contribution is -0.395. The number of nitro groups is 2. The largest absolute Gasteiger partial charge is 0.394 e. The van der Waals surface area contributed by atoms with Crippen LogP contribution in [0.5, 0.6) is 0 Å². The van der Waals surface area contributed by atoms with E-state index in [9.17, 15) is 20.2 Å². The van der Waals surface area contributed by atoms with Crippen LogP contribution in [-0.2, 0) is 11.8 Å². The van der Waals surface area contributed by atoms with E-state index in [1.807, 2.05) is 0 Å². The number of aliphatic hydroxyl groups is 2. The maximum atomic E-state index is 10.7. The summed E-state index contributed by atoms with van der Waals surface area (Å²) in [7, 11) is 0. The van der Waals surface area contributed by atoms with Crippen molar-refractivity contribution in [1.29, 1.82) is 0 Å². The molecule has 1 rings (SSSR count). The lowest BCUT2D eigenvalue weighted by atomic mass is 10.1. The van der Waals surface area contributed by atoms with Gasteiger partial charge < -0.3 is 10.2 Å². The van der Waals surface area contributed by atoms with E-state index in [1.165, 1.54) is 19.1 Å². The molecule has 1 aromatic carbocycles. The zero-order chi connectivity index (χ0) is 16.6. The normalized spacial score (nSPS) is 11.3. The molecule has 0 saturated heterocycles. The molecule has 0 bridgehead atoms. The van der Waals surface area contributed by atoms with Gasteiger partial charge >= 0.3 is 0 Å². The third-order valence-corrected chi connectivity index (χ3v) is 2.78. The number of benzene rings is 1. The molecule has 2 N–H and O–H groups in total. The second-order valence-corrected chi connectivity index (χ2v) is 4.46. The lowest BCUT2D eigenvalue weighted by Crippen LogP contribution is -2.03. The van der Waals surface area contributed by atoms with E-state index in [-0.39, 0.29) is 35.3 Å². The van der Waals surface area contributed by atoms with Crippen LogP contribution in [0.1, 0.15) is 18.1 Å². The summed E-state index contributed by atoms with van der Waals surface area (Å²) in [6.07, 6.45) is -0.560. The standard InChI is InChI=1S/C8H6Cl2N2O4.C3H8O2/c9-3-5-1-7(11(13)14)6(4-10)8(2-5)12(15)16;1-3(5)2-4/h1-2H,3-4H2;3-5H,2H2,1H3. The molecule has 0 aliphatic heterocycles. The number of nitrogens with zero attached hydrogens (tertiary/aromatic N) is 2. The highest BCUT2D eigenvalue weighted by Gasteiger charge is 2.25. The molecule has 0 spiro atoms. The van der Waals surface area contributed by atoms with Crippen LogP contribution in [0.15, 0.2) is 12.1 Å². The van der Waals surface area contributed by atoms with Crippen LogP contribution in [0.4, 0.5) is 11.4 Å². The Morgan fingerprint density at radius 1 is 1.14 bits per heavy atom. The highest BCUT2D eigenvalue weighted by molar-refractivity contribution is 6.18. The minimum Gasteiger partial charge on any atom is -0.394 e. The van der Waals surface area contributed by atoms with Crippen LogP contribution in [0.25, 0.3) is 0 Å². The summed E-state index contributed by atoms with van der Waals surface area (Å²) in [5, 5.41) is 37.4. The maximum Gasteiger partial charge on any atom is 0.281 e. The topological polar surface area (TPSA) is 127 Å². The van der Waals surface area contributed by atoms with Crippen molar-refractivity contribution in [3.8, 4) is 0 Å². The minimum absolute atomic E-state index is 0.0375. The predicted molar refractivity (Wildman–Crippen MR) is 77.6 cm³/mol. The lowest BCUT2D eigenvalue weighted by Gasteiger charge is -2.03. The zero-order valence-corrected chi connectivity index (χ0v) is 12.5. The van der Waals surface area contributed by atoms with Crippen molar-refractivity contribution in [3.63, 3.8) is 0 Å². The Kier molecular flexibility index (Phi) is 8.79. The Hall–Kier alpha value is -1.48. The Labute approximate surface area is 130 Å². The molecule has 0 aliphatic rings. The van der Waals surface area contributed by atoms with Crippen molar-refractivity contribution in [3.05, 3.63) is 43.5 Å². The van der Waals surface area contributed by atoms with E-state index in [4.69, 9.17) is 33.4 Å². The monoisotopic (exact) mass is 340 g/mol. The molecule has 8 nitrogen and oxygen atoms in total. The van der Waals surface area contributed by atoms with E-state index in [1.54, 1.807) is 0 Å². The number of alkyl halides is 2. The second kappa shape index (κ2) is 9.46. The Morgan fingerprint density at radius 2 is 1.52 bits per heavy atom. The molecular weight excluding hydrogens is 327 g/mol. The van der Waals surface area contributed by atoms with Gasteiger partial charge in [-0.3, -0.25) is 20.2 Å². The Bertz CT molecular complexity index is 474. The summed E-state index contributed by atoms with van der Waals surface area (Å²) in [5.41, 5.74) is -0.542. The van der Waals surface area contributed by atoms with Crippen LogP contribution in [0, 0.1) is 20.2 Å². The van der Waals surface area contributed by atoms with Gasteiger partial charge in [0, 0.05) is 18.0 Å². The maximum absolute atomic E-state index is 10.7. The highest BCUT2D eigenvalue weighted by Crippen LogP contribution is 2.32. The van der Waals surface area contributed by atoms with Gasteiger partial charge in [0.1, 0.15) is 5.56 Å². The molecule has 10 heteroatoms. The van der Waals surface area contributed by atoms with Crippen LogP contribution in [-0.4, -0.2) is 32.8 Å². The van der Waals surface area contributed by atoms with Gasteiger partial charge in [0.05, 0.1) is 28.4 Å². The number of aliphatic hydroxyl groups excluding tert-OH is 2. The van der Waals surface area contributed by atoms with Crippen LogP contribution in [0.2, 0.25) is 0 Å². The highest BCUT2D eigenvalue weighted by atomic mass is 35.5. The summed E-state index contributed by atoms with van der Waals surface area (Å²) >= 11 is 11.0. The van der Waals surface area contributed by atoms with Gasteiger partial charge in [-0.15, -0.1) is 23.2 Å². The van der Waals surface area contributed by atoms with Crippen molar-refractivity contribution < 1.29 is 20.1 Å². The molecule has 0 fully saturated rings. The van der Waals surface area contributed by atoms with Gasteiger partial charge in [-0.1, -0.05) is 0 Å².